The smallest absolute Gasteiger partial charge is 0.416 e. The maximum atomic E-state index is 12.9. The fourth-order valence-corrected chi connectivity index (χ4v) is 2.64. The largest absolute Gasteiger partial charge is 0.449 e. The summed E-state index contributed by atoms with van der Waals surface area (Å²) in [7, 11) is 0. The van der Waals surface area contributed by atoms with Crippen molar-refractivity contribution in [1.29, 1.82) is 0 Å². The fourth-order valence-electron chi connectivity index (χ4n) is 2.64. The van der Waals surface area contributed by atoms with Crippen LogP contribution in [-0.4, -0.2) is 29.2 Å². The Kier molecular flexibility index (Phi) is 4.75. The van der Waals surface area contributed by atoms with Crippen molar-refractivity contribution < 1.29 is 27.5 Å². The van der Waals surface area contributed by atoms with Gasteiger partial charge in [0.1, 0.15) is 0 Å². The molecule has 0 aromatic heterocycles. The summed E-state index contributed by atoms with van der Waals surface area (Å²) < 4.78 is 43.7. The molecule has 1 aliphatic heterocycles. The summed E-state index contributed by atoms with van der Waals surface area (Å²) >= 11 is 0. The summed E-state index contributed by atoms with van der Waals surface area (Å²) in [6, 6.07) is 2.66. The van der Waals surface area contributed by atoms with Gasteiger partial charge in [0, 0.05) is 0 Å². The Labute approximate surface area is 131 Å². The normalized spacial score (nSPS) is 17.5. The number of carbonyl (C=O) groups is 1. The first-order chi connectivity index (χ1) is 10.8. The first-order valence-electron chi connectivity index (χ1n) is 7.22. The zero-order valence-electron chi connectivity index (χ0n) is 12.7. The van der Waals surface area contributed by atoms with Gasteiger partial charge < -0.3 is 10.3 Å². The Balaban J connectivity index is 2.60. The van der Waals surface area contributed by atoms with Crippen LogP contribution in [0.3, 0.4) is 0 Å². The molecule has 0 spiro atoms. The predicted octanol–water partition coefficient (Wildman–Crippen LogP) is 3.87. The van der Waals surface area contributed by atoms with Crippen LogP contribution < -0.4 is 4.90 Å². The minimum atomic E-state index is -4.52. The van der Waals surface area contributed by atoms with Gasteiger partial charge in [0.15, 0.2) is 0 Å². The molecule has 124 valence electrons. The van der Waals surface area contributed by atoms with Crippen LogP contribution in [0.15, 0.2) is 18.2 Å². The van der Waals surface area contributed by atoms with E-state index < -0.39 is 17.8 Å². The second kappa shape index (κ2) is 6.42. The number of nitrogens with zero attached hydrogens (tertiary/aromatic N) is 3. The van der Waals surface area contributed by atoms with Gasteiger partial charge in [-0.25, -0.2) is 4.79 Å². The van der Waals surface area contributed by atoms with Gasteiger partial charge in [-0.05, 0) is 31.5 Å². The van der Waals surface area contributed by atoms with E-state index in [-0.39, 0.29) is 36.0 Å². The first kappa shape index (κ1) is 17.0. The van der Waals surface area contributed by atoms with Gasteiger partial charge in [0.2, 0.25) is 0 Å². The Morgan fingerprint density at radius 2 is 2.13 bits per heavy atom. The summed E-state index contributed by atoms with van der Waals surface area (Å²) in [5.74, 6) is 0. The highest BCUT2D eigenvalue weighted by molar-refractivity contribution is 6.08. The molecule has 1 unspecified atom stereocenters. The molecule has 8 heteroatoms. The third kappa shape index (κ3) is 3.22. The van der Waals surface area contributed by atoms with Crippen LogP contribution in [0.25, 0.3) is 5.53 Å². The van der Waals surface area contributed by atoms with Crippen LogP contribution in [0.5, 0.6) is 0 Å². The van der Waals surface area contributed by atoms with Crippen LogP contribution in [0, 0.1) is 0 Å². The summed E-state index contributed by atoms with van der Waals surface area (Å²) in [6.07, 6.45) is -4.46. The van der Waals surface area contributed by atoms with Crippen molar-refractivity contribution in [1.82, 2.24) is 0 Å². The van der Waals surface area contributed by atoms with E-state index in [0.717, 1.165) is 12.1 Å². The van der Waals surface area contributed by atoms with Gasteiger partial charge in [-0.1, -0.05) is 6.92 Å². The summed E-state index contributed by atoms with van der Waals surface area (Å²) in [5.41, 5.74) is 8.74. The number of hydrogen-bond acceptors (Lipinski definition) is 2. The molecule has 0 saturated carbocycles. The number of benzene rings is 1. The molecular formula is C15H16F3N3O2. The molecule has 0 aliphatic carbocycles. The fraction of sp³-hybridized carbons (Fsp3) is 0.467. The van der Waals surface area contributed by atoms with E-state index in [4.69, 9.17) is 10.3 Å². The molecule has 0 bridgehead atoms. The molecule has 5 nitrogen and oxygen atoms in total. The highest BCUT2D eigenvalue weighted by Crippen LogP contribution is 2.37. The molecule has 1 aromatic carbocycles. The van der Waals surface area contributed by atoms with Crippen molar-refractivity contribution in [2.75, 3.05) is 11.5 Å². The zero-order chi connectivity index (χ0) is 17.2. The molecular weight excluding hydrogens is 311 g/mol. The van der Waals surface area contributed by atoms with Crippen molar-refractivity contribution in [3.05, 3.63) is 34.9 Å². The lowest BCUT2D eigenvalue weighted by molar-refractivity contribution is -0.137. The molecule has 1 atom stereocenters. The van der Waals surface area contributed by atoms with E-state index in [1.165, 1.54) is 11.0 Å². The van der Waals surface area contributed by atoms with E-state index in [1.807, 2.05) is 6.92 Å². The number of halogens is 3. The molecule has 23 heavy (non-hydrogen) atoms. The third-order valence-corrected chi connectivity index (χ3v) is 3.74. The quantitative estimate of drug-likeness (QED) is 0.611. The average molecular weight is 327 g/mol. The lowest BCUT2D eigenvalue weighted by atomic mass is 9.91. The molecule has 2 rings (SSSR count). The molecule has 1 aliphatic rings. The van der Waals surface area contributed by atoms with Crippen molar-refractivity contribution >= 4 is 17.5 Å². The maximum Gasteiger partial charge on any atom is 0.416 e. The van der Waals surface area contributed by atoms with Gasteiger partial charge in [0.25, 0.3) is 0 Å². The third-order valence-electron chi connectivity index (χ3n) is 3.74. The molecule has 1 heterocycles. The van der Waals surface area contributed by atoms with Crippen molar-refractivity contribution in [2.45, 2.75) is 38.9 Å². The minimum absolute atomic E-state index is 0.0834. The number of alkyl halides is 3. The van der Waals surface area contributed by atoms with Gasteiger partial charge in [0.05, 0.1) is 35.9 Å². The van der Waals surface area contributed by atoms with Crippen LogP contribution in [0.1, 0.15) is 37.8 Å². The second-order valence-electron chi connectivity index (χ2n) is 5.11. The van der Waals surface area contributed by atoms with Crippen molar-refractivity contribution in [3.8, 4) is 0 Å². The summed E-state index contributed by atoms with van der Waals surface area (Å²) in [5, 5.41) is 0. The predicted molar refractivity (Wildman–Crippen MR) is 77.4 cm³/mol. The molecule has 0 N–H and O–H groups in total. The number of anilines is 1. The Morgan fingerprint density at radius 3 is 2.65 bits per heavy atom. The summed E-state index contributed by atoms with van der Waals surface area (Å²) in [4.78, 5) is 16.6. The molecule has 1 amide bonds. The SMILES string of the molecule is CCOC(=O)N1c2ccc(C(F)(F)F)cc2C(=[N+]=[N-])CC1CC. The Morgan fingerprint density at radius 1 is 1.43 bits per heavy atom. The first-order valence-corrected chi connectivity index (χ1v) is 7.22. The zero-order valence-corrected chi connectivity index (χ0v) is 12.7. The topological polar surface area (TPSA) is 65.9 Å². The highest BCUT2D eigenvalue weighted by atomic mass is 19.4. The number of amides is 1. The lowest BCUT2D eigenvalue weighted by Crippen LogP contribution is -2.46. The van der Waals surface area contributed by atoms with Crippen LogP contribution in [0.2, 0.25) is 0 Å². The van der Waals surface area contributed by atoms with Gasteiger partial charge in [-0.3, -0.25) is 4.90 Å². The standard InChI is InChI=1S/C15H16F3N3O2/c1-3-10-8-12(20-19)11-7-9(15(16,17)18)5-6-13(11)21(10)14(22)23-4-2/h5-7,10H,3-4,8H2,1-2H3. The number of carbonyl (C=O) groups excluding carboxylic acids is 1. The van der Waals surface area contributed by atoms with E-state index in [0.29, 0.717) is 6.42 Å². The number of ether oxygens (including phenoxy) is 1. The molecule has 1 aromatic rings. The highest BCUT2D eigenvalue weighted by Gasteiger charge is 2.40. The summed E-state index contributed by atoms with van der Waals surface area (Å²) in [6.45, 7) is 3.64. The Bertz CT molecular complexity index is 666. The van der Waals surface area contributed by atoms with E-state index in [9.17, 15) is 18.0 Å². The van der Waals surface area contributed by atoms with E-state index in [2.05, 4.69) is 4.79 Å². The van der Waals surface area contributed by atoms with Crippen molar-refractivity contribution in [3.63, 3.8) is 0 Å². The molecule has 0 saturated heterocycles. The monoisotopic (exact) mass is 327 g/mol. The molecule has 0 radical (unpaired) electrons. The van der Waals surface area contributed by atoms with Gasteiger partial charge in [-0.15, -0.1) is 0 Å². The van der Waals surface area contributed by atoms with Crippen molar-refractivity contribution in [2.24, 2.45) is 0 Å². The minimum Gasteiger partial charge on any atom is -0.449 e. The number of rotatable bonds is 2. The molecule has 0 fully saturated rings. The van der Waals surface area contributed by atoms with Crippen LogP contribution in [0.4, 0.5) is 23.7 Å². The van der Waals surface area contributed by atoms with E-state index in [1.54, 1.807) is 6.92 Å². The Hall–Kier alpha value is -2.34. The van der Waals surface area contributed by atoms with Gasteiger partial charge >= 0.3 is 18.0 Å². The lowest BCUT2D eigenvalue weighted by Gasteiger charge is -2.34. The van der Waals surface area contributed by atoms with Crippen LogP contribution in [-0.2, 0) is 10.9 Å². The van der Waals surface area contributed by atoms with E-state index >= 15 is 0 Å². The van der Waals surface area contributed by atoms with Crippen LogP contribution >= 0.6 is 0 Å². The second-order valence-corrected chi connectivity index (χ2v) is 5.11. The number of fused-ring (bicyclic) bond motifs is 1. The average Bonchev–Trinajstić information content (AvgIpc) is 2.51. The maximum absolute atomic E-state index is 12.9. The van der Waals surface area contributed by atoms with Gasteiger partial charge in [-0.2, -0.15) is 18.0 Å². The number of hydrogen-bond donors (Lipinski definition) is 0.